The number of carbonyl (C=O) groups is 1. The van der Waals surface area contributed by atoms with Gasteiger partial charge in [0.25, 0.3) is 0 Å². The van der Waals surface area contributed by atoms with Crippen molar-refractivity contribution in [2.75, 3.05) is 33.5 Å². The number of morpholine rings is 1. The summed E-state index contributed by atoms with van der Waals surface area (Å²) < 4.78 is 23.4. The van der Waals surface area contributed by atoms with Gasteiger partial charge in [-0.2, -0.15) is 0 Å². The van der Waals surface area contributed by atoms with Crippen LogP contribution < -0.4 is 10.6 Å². The Kier molecular flexibility index (Phi) is 6.10. The van der Waals surface area contributed by atoms with Crippen LogP contribution in [0.1, 0.15) is 18.0 Å². The second-order valence-electron chi connectivity index (χ2n) is 5.06. The third-order valence-electron chi connectivity index (χ3n) is 3.37. The van der Waals surface area contributed by atoms with Crippen LogP contribution in [0, 0.1) is 5.82 Å². The van der Waals surface area contributed by atoms with Crippen molar-refractivity contribution in [1.29, 1.82) is 0 Å². The van der Waals surface area contributed by atoms with Crippen molar-refractivity contribution in [2.45, 2.75) is 18.5 Å². The van der Waals surface area contributed by atoms with E-state index in [-0.39, 0.29) is 23.8 Å². The van der Waals surface area contributed by atoms with Crippen LogP contribution >= 0.6 is 0 Å². The Morgan fingerprint density at radius 1 is 1.52 bits per heavy atom. The zero-order valence-corrected chi connectivity index (χ0v) is 12.1. The molecule has 1 fully saturated rings. The van der Waals surface area contributed by atoms with E-state index in [9.17, 15) is 9.18 Å². The van der Waals surface area contributed by atoms with Crippen molar-refractivity contribution >= 4 is 5.91 Å². The topological polar surface area (TPSA) is 59.6 Å². The van der Waals surface area contributed by atoms with Gasteiger partial charge < -0.3 is 20.1 Å². The van der Waals surface area contributed by atoms with Crippen LogP contribution in [0.5, 0.6) is 0 Å². The maximum Gasteiger partial charge on any atom is 0.222 e. The van der Waals surface area contributed by atoms with Gasteiger partial charge >= 0.3 is 0 Å². The maximum absolute atomic E-state index is 13.0. The highest BCUT2D eigenvalue weighted by Gasteiger charge is 2.20. The van der Waals surface area contributed by atoms with Crippen LogP contribution in [0.2, 0.25) is 0 Å². The van der Waals surface area contributed by atoms with E-state index in [1.807, 2.05) is 0 Å². The molecule has 1 aromatic rings. The number of hydrogen-bond acceptors (Lipinski definition) is 4. The Bertz CT molecular complexity index is 447. The molecule has 2 unspecified atom stereocenters. The van der Waals surface area contributed by atoms with Crippen molar-refractivity contribution in [3.8, 4) is 0 Å². The molecular formula is C15H21FN2O3. The Morgan fingerprint density at radius 3 is 2.90 bits per heavy atom. The fourth-order valence-electron chi connectivity index (χ4n) is 2.31. The fraction of sp³-hybridized carbons (Fsp3) is 0.533. The summed E-state index contributed by atoms with van der Waals surface area (Å²) in [4.78, 5) is 12.1. The molecule has 2 rings (SSSR count). The lowest BCUT2D eigenvalue weighted by Gasteiger charge is -2.25. The minimum Gasteiger partial charge on any atom is -0.382 e. The molecule has 5 nitrogen and oxygen atoms in total. The van der Waals surface area contributed by atoms with E-state index >= 15 is 0 Å². The standard InChI is InChI=1S/C15H21FN2O3/c1-20-10-14(11-2-4-12(16)5-3-11)18-15(19)8-13-9-21-7-6-17-13/h2-5,13-14,17H,6-10H2,1H3,(H,18,19). The molecule has 116 valence electrons. The molecule has 0 radical (unpaired) electrons. The first-order valence-corrected chi connectivity index (χ1v) is 7.04. The first-order valence-electron chi connectivity index (χ1n) is 7.04. The number of hydrogen-bond donors (Lipinski definition) is 2. The third kappa shape index (κ3) is 5.08. The molecule has 0 saturated carbocycles. The number of halogens is 1. The van der Waals surface area contributed by atoms with E-state index in [2.05, 4.69) is 10.6 Å². The average molecular weight is 296 g/mol. The summed E-state index contributed by atoms with van der Waals surface area (Å²) in [5.74, 6) is -0.380. The summed E-state index contributed by atoms with van der Waals surface area (Å²) >= 11 is 0. The number of amides is 1. The van der Waals surface area contributed by atoms with Crippen molar-refractivity contribution in [3.63, 3.8) is 0 Å². The predicted octanol–water partition coefficient (Wildman–Crippen LogP) is 1.01. The molecule has 1 aromatic carbocycles. The van der Waals surface area contributed by atoms with Gasteiger partial charge in [0, 0.05) is 26.1 Å². The maximum atomic E-state index is 13.0. The second kappa shape index (κ2) is 8.07. The lowest BCUT2D eigenvalue weighted by atomic mass is 10.1. The molecule has 0 bridgehead atoms. The molecule has 2 N–H and O–H groups in total. The molecule has 1 saturated heterocycles. The number of carbonyl (C=O) groups excluding carboxylic acids is 1. The molecule has 6 heteroatoms. The summed E-state index contributed by atoms with van der Waals surface area (Å²) in [6, 6.07) is 5.81. The van der Waals surface area contributed by atoms with E-state index in [1.54, 1.807) is 19.2 Å². The molecular weight excluding hydrogens is 275 g/mol. The van der Waals surface area contributed by atoms with Crippen molar-refractivity contribution in [1.82, 2.24) is 10.6 Å². The first kappa shape index (κ1) is 15.9. The molecule has 1 aliphatic rings. The summed E-state index contributed by atoms with van der Waals surface area (Å²) in [7, 11) is 1.57. The van der Waals surface area contributed by atoms with Crippen LogP contribution in [0.4, 0.5) is 4.39 Å². The molecule has 21 heavy (non-hydrogen) atoms. The molecule has 0 spiro atoms. The normalized spacial score (nSPS) is 20.0. The molecule has 0 aliphatic carbocycles. The molecule has 0 aromatic heterocycles. The quantitative estimate of drug-likeness (QED) is 0.822. The molecule has 1 amide bonds. The molecule has 2 atom stereocenters. The van der Waals surface area contributed by atoms with Gasteiger partial charge in [0.2, 0.25) is 5.91 Å². The minimum absolute atomic E-state index is 0.0372. The Labute approximate surface area is 123 Å². The van der Waals surface area contributed by atoms with Crippen LogP contribution in [-0.4, -0.2) is 45.4 Å². The highest BCUT2D eigenvalue weighted by atomic mass is 19.1. The summed E-state index contributed by atoms with van der Waals surface area (Å²) in [6.45, 7) is 2.32. The predicted molar refractivity (Wildman–Crippen MR) is 76.4 cm³/mol. The zero-order valence-electron chi connectivity index (χ0n) is 12.1. The summed E-state index contributed by atoms with van der Waals surface area (Å²) in [6.07, 6.45) is 0.349. The molecule has 1 heterocycles. The largest absolute Gasteiger partial charge is 0.382 e. The highest BCUT2D eigenvalue weighted by Crippen LogP contribution is 2.14. The lowest BCUT2D eigenvalue weighted by molar-refractivity contribution is -0.123. The Balaban J connectivity index is 1.91. The van der Waals surface area contributed by atoms with Crippen molar-refractivity contribution in [2.24, 2.45) is 0 Å². The van der Waals surface area contributed by atoms with Crippen LogP contribution in [0.25, 0.3) is 0 Å². The zero-order chi connectivity index (χ0) is 15.1. The third-order valence-corrected chi connectivity index (χ3v) is 3.37. The van der Waals surface area contributed by atoms with E-state index in [0.717, 1.165) is 12.1 Å². The number of nitrogens with one attached hydrogen (secondary N) is 2. The van der Waals surface area contributed by atoms with Crippen LogP contribution in [-0.2, 0) is 14.3 Å². The monoisotopic (exact) mass is 296 g/mol. The van der Waals surface area contributed by atoms with E-state index in [4.69, 9.17) is 9.47 Å². The van der Waals surface area contributed by atoms with Gasteiger partial charge in [0.1, 0.15) is 5.82 Å². The van der Waals surface area contributed by atoms with E-state index in [1.165, 1.54) is 12.1 Å². The number of rotatable bonds is 6. The van der Waals surface area contributed by atoms with Gasteiger partial charge in [-0.15, -0.1) is 0 Å². The van der Waals surface area contributed by atoms with Gasteiger partial charge in [-0.25, -0.2) is 4.39 Å². The fourth-order valence-corrected chi connectivity index (χ4v) is 2.31. The Morgan fingerprint density at radius 2 is 2.29 bits per heavy atom. The average Bonchev–Trinajstić information content (AvgIpc) is 2.48. The highest BCUT2D eigenvalue weighted by molar-refractivity contribution is 5.77. The van der Waals surface area contributed by atoms with Gasteiger partial charge in [-0.3, -0.25) is 4.79 Å². The van der Waals surface area contributed by atoms with Crippen LogP contribution in [0.3, 0.4) is 0 Å². The van der Waals surface area contributed by atoms with Gasteiger partial charge in [0.15, 0.2) is 0 Å². The SMILES string of the molecule is COCC(NC(=O)CC1COCCN1)c1ccc(F)cc1. The molecule has 1 aliphatic heterocycles. The number of ether oxygens (including phenoxy) is 2. The van der Waals surface area contributed by atoms with Gasteiger partial charge in [-0.05, 0) is 17.7 Å². The Hall–Kier alpha value is -1.50. The van der Waals surface area contributed by atoms with Gasteiger partial charge in [0.05, 0.1) is 25.9 Å². The first-order chi connectivity index (χ1) is 10.2. The lowest BCUT2D eigenvalue weighted by Crippen LogP contribution is -2.45. The van der Waals surface area contributed by atoms with Crippen molar-refractivity contribution in [3.05, 3.63) is 35.6 Å². The summed E-state index contributed by atoms with van der Waals surface area (Å²) in [5.41, 5.74) is 0.819. The number of methoxy groups -OCH3 is 1. The van der Waals surface area contributed by atoms with Crippen LogP contribution in [0.15, 0.2) is 24.3 Å². The smallest absolute Gasteiger partial charge is 0.222 e. The minimum atomic E-state index is -0.301. The second-order valence-corrected chi connectivity index (χ2v) is 5.06. The van der Waals surface area contributed by atoms with Gasteiger partial charge in [-0.1, -0.05) is 12.1 Å². The van der Waals surface area contributed by atoms with E-state index < -0.39 is 0 Å². The number of benzene rings is 1. The van der Waals surface area contributed by atoms with E-state index in [0.29, 0.717) is 26.2 Å². The summed E-state index contributed by atoms with van der Waals surface area (Å²) in [5, 5.41) is 6.15. The van der Waals surface area contributed by atoms with Crippen molar-refractivity contribution < 1.29 is 18.7 Å².